The van der Waals surface area contributed by atoms with Gasteiger partial charge < -0.3 is 20.1 Å². The molecule has 0 saturated heterocycles. The highest BCUT2D eigenvalue weighted by Crippen LogP contribution is 2.30. The van der Waals surface area contributed by atoms with Gasteiger partial charge in [0.05, 0.1) is 0 Å². The summed E-state index contributed by atoms with van der Waals surface area (Å²) in [4.78, 5) is 11.2. The first-order chi connectivity index (χ1) is 13.7. The first-order valence-electron chi connectivity index (χ1n) is 9.61. The number of rotatable bonds is 7. The maximum Gasteiger partial charge on any atom is 0.573 e. The standard InChI is InChI=1S/C20H25F3N4O2/c1-13(2)19-25-17(24-7-3-9-28)11-18(26-19)27-8-6-14-4-5-16(10-15(14)12-27)29-20(21,22)23/h4-5,10-11,13,28H,3,6-9,12H2,1-2H3,(H,24,25,26). The zero-order chi connectivity index (χ0) is 21.0. The Kier molecular flexibility index (Phi) is 6.46. The van der Waals surface area contributed by atoms with Crippen molar-refractivity contribution in [3.63, 3.8) is 0 Å². The fourth-order valence-electron chi connectivity index (χ4n) is 3.19. The largest absolute Gasteiger partial charge is 0.573 e. The lowest BCUT2D eigenvalue weighted by molar-refractivity contribution is -0.274. The number of halogens is 3. The van der Waals surface area contributed by atoms with E-state index in [0.717, 1.165) is 16.9 Å². The molecule has 9 heteroatoms. The van der Waals surface area contributed by atoms with Crippen LogP contribution < -0.4 is 15.0 Å². The zero-order valence-electron chi connectivity index (χ0n) is 16.5. The first kappa shape index (κ1) is 21.2. The smallest absolute Gasteiger partial charge is 0.406 e. The second kappa shape index (κ2) is 8.86. The lowest BCUT2D eigenvalue weighted by atomic mass is 9.99. The van der Waals surface area contributed by atoms with Crippen LogP contribution in [0.15, 0.2) is 24.3 Å². The summed E-state index contributed by atoms with van der Waals surface area (Å²) >= 11 is 0. The van der Waals surface area contributed by atoms with Gasteiger partial charge in [-0.1, -0.05) is 19.9 Å². The number of aliphatic hydroxyl groups is 1. The van der Waals surface area contributed by atoms with Crippen LogP contribution in [0.2, 0.25) is 0 Å². The molecule has 6 nitrogen and oxygen atoms in total. The molecule has 2 N–H and O–H groups in total. The number of ether oxygens (including phenoxy) is 1. The molecule has 0 saturated carbocycles. The summed E-state index contributed by atoms with van der Waals surface area (Å²) in [5, 5.41) is 12.2. The van der Waals surface area contributed by atoms with Crippen molar-refractivity contribution < 1.29 is 23.0 Å². The van der Waals surface area contributed by atoms with Crippen molar-refractivity contribution in [3.8, 4) is 5.75 Å². The van der Waals surface area contributed by atoms with Gasteiger partial charge in [0, 0.05) is 38.2 Å². The topological polar surface area (TPSA) is 70.5 Å². The predicted molar refractivity (Wildman–Crippen MR) is 104 cm³/mol. The van der Waals surface area contributed by atoms with Gasteiger partial charge in [0.1, 0.15) is 23.2 Å². The highest BCUT2D eigenvalue weighted by Gasteiger charge is 2.31. The summed E-state index contributed by atoms with van der Waals surface area (Å²) < 4.78 is 41.7. The van der Waals surface area contributed by atoms with E-state index in [4.69, 9.17) is 5.11 Å². The molecule has 0 atom stereocenters. The quantitative estimate of drug-likeness (QED) is 0.676. The normalized spacial score (nSPS) is 14.1. The number of hydrogen-bond donors (Lipinski definition) is 2. The van der Waals surface area contributed by atoms with Crippen LogP contribution in [0.1, 0.15) is 43.1 Å². The number of nitrogens with zero attached hydrogens (tertiary/aromatic N) is 3. The molecule has 0 radical (unpaired) electrons. The number of fused-ring (bicyclic) bond motifs is 1. The van der Waals surface area contributed by atoms with E-state index in [1.807, 2.05) is 24.8 Å². The maximum absolute atomic E-state index is 12.5. The van der Waals surface area contributed by atoms with Gasteiger partial charge in [-0.3, -0.25) is 0 Å². The molecule has 2 aromatic rings. The number of aromatic nitrogens is 2. The lowest BCUT2D eigenvalue weighted by Gasteiger charge is -2.30. The average molecular weight is 410 g/mol. The van der Waals surface area contributed by atoms with E-state index < -0.39 is 6.36 Å². The van der Waals surface area contributed by atoms with Gasteiger partial charge in [-0.2, -0.15) is 0 Å². The minimum absolute atomic E-state index is 0.0905. The van der Waals surface area contributed by atoms with E-state index in [-0.39, 0.29) is 18.3 Å². The van der Waals surface area contributed by atoms with Crippen molar-refractivity contribution in [2.45, 2.75) is 45.5 Å². The third kappa shape index (κ3) is 5.72. The molecule has 0 unspecified atom stereocenters. The molecule has 3 rings (SSSR count). The van der Waals surface area contributed by atoms with E-state index in [2.05, 4.69) is 20.0 Å². The SMILES string of the molecule is CC(C)c1nc(NCCCO)cc(N2CCc3ccc(OC(F)(F)F)cc3C2)n1. The molecule has 0 aliphatic carbocycles. The molecule has 1 aliphatic rings. The number of benzene rings is 1. The molecule has 158 valence electrons. The van der Waals surface area contributed by atoms with Crippen LogP contribution >= 0.6 is 0 Å². The summed E-state index contributed by atoms with van der Waals surface area (Å²) in [6, 6.07) is 6.33. The van der Waals surface area contributed by atoms with Gasteiger partial charge in [-0.25, -0.2) is 9.97 Å². The van der Waals surface area contributed by atoms with Crippen LogP contribution in [0.5, 0.6) is 5.75 Å². The van der Waals surface area contributed by atoms with Gasteiger partial charge in [0.2, 0.25) is 0 Å². The van der Waals surface area contributed by atoms with Crippen LogP contribution in [0.4, 0.5) is 24.8 Å². The first-order valence-corrected chi connectivity index (χ1v) is 9.61. The molecule has 2 heterocycles. The Balaban J connectivity index is 1.83. The third-order valence-electron chi connectivity index (χ3n) is 4.63. The fraction of sp³-hybridized carbons (Fsp3) is 0.500. The zero-order valence-corrected chi connectivity index (χ0v) is 16.5. The van der Waals surface area contributed by atoms with Crippen molar-refractivity contribution >= 4 is 11.6 Å². The summed E-state index contributed by atoms with van der Waals surface area (Å²) in [7, 11) is 0. The van der Waals surface area contributed by atoms with Gasteiger partial charge >= 0.3 is 6.36 Å². The predicted octanol–water partition coefficient (Wildman–Crippen LogP) is 3.86. The maximum atomic E-state index is 12.5. The molecule has 0 bridgehead atoms. The molecule has 1 aliphatic heterocycles. The van der Waals surface area contributed by atoms with Crippen LogP contribution in [0, 0.1) is 0 Å². The van der Waals surface area contributed by atoms with Gasteiger partial charge in [0.15, 0.2) is 0 Å². The van der Waals surface area contributed by atoms with Gasteiger partial charge in [-0.15, -0.1) is 13.2 Å². The fourth-order valence-corrected chi connectivity index (χ4v) is 3.19. The third-order valence-corrected chi connectivity index (χ3v) is 4.63. The van der Waals surface area contributed by atoms with Crippen LogP contribution in [-0.2, 0) is 13.0 Å². The summed E-state index contributed by atoms with van der Waals surface area (Å²) in [6.07, 6.45) is -3.40. The van der Waals surface area contributed by atoms with E-state index >= 15 is 0 Å². The van der Waals surface area contributed by atoms with Crippen molar-refractivity contribution in [2.75, 3.05) is 29.9 Å². The number of anilines is 2. The Hall–Kier alpha value is -2.55. The molecule has 0 spiro atoms. The number of aliphatic hydroxyl groups excluding tert-OH is 1. The Labute approximate surface area is 167 Å². The van der Waals surface area contributed by atoms with E-state index in [1.54, 1.807) is 6.07 Å². The van der Waals surface area contributed by atoms with Crippen molar-refractivity contribution in [2.24, 2.45) is 0 Å². The molecular formula is C20H25F3N4O2. The minimum atomic E-state index is -4.71. The second-order valence-electron chi connectivity index (χ2n) is 7.28. The molecule has 1 aromatic heterocycles. The second-order valence-corrected chi connectivity index (χ2v) is 7.28. The highest BCUT2D eigenvalue weighted by molar-refractivity contribution is 5.52. The van der Waals surface area contributed by atoms with E-state index in [0.29, 0.717) is 44.1 Å². The summed E-state index contributed by atoms with van der Waals surface area (Å²) in [6.45, 7) is 5.83. The van der Waals surface area contributed by atoms with Crippen LogP contribution in [0.25, 0.3) is 0 Å². The Morgan fingerprint density at radius 2 is 2.00 bits per heavy atom. The Morgan fingerprint density at radius 3 is 2.69 bits per heavy atom. The Morgan fingerprint density at radius 1 is 1.21 bits per heavy atom. The Bertz CT molecular complexity index is 843. The summed E-state index contributed by atoms with van der Waals surface area (Å²) in [5.74, 6) is 2.00. The molecule has 0 amide bonds. The monoisotopic (exact) mass is 410 g/mol. The van der Waals surface area contributed by atoms with Crippen LogP contribution in [0.3, 0.4) is 0 Å². The van der Waals surface area contributed by atoms with Crippen molar-refractivity contribution in [3.05, 3.63) is 41.2 Å². The number of nitrogens with one attached hydrogen (secondary N) is 1. The van der Waals surface area contributed by atoms with E-state index in [1.165, 1.54) is 12.1 Å². The lowest BCUT2D eigenvalue weighted by Crippen LogP contribution is -2.31. The number of alkyl halides is 3. The number of hydrogen-bond acceptors (Lipinski definition) is 6. The van der Waals surface area contributed by atoms with Gasteiger partial charge in [0.25, 0.3) is 0 Å². The average Bonchev–Trinajstić information content (AvgIpc) is 2.66. The van der Waals surface area contributed by atoms with Crippen molar-refractivity contribution in [1.29, 1.82) is 0 Å². The van der Waals surface area contributed by atoms with E-state index in [9.17, 15) is 13.2 Å². The molecule has 1 aromatic carbocycles. The summed E-state index contributed by atoms with van der Waals surface area (Å²) in [5.41, 5.74) is 1.80. The molecule has 0 fully saturated rings. The molecular weight excluding hydrogens is 385 g/mol. The van der Waals surface area contributed by atoms with Crippen LogP contribution in [-0.4, -0.2) is 41.1 Å². The molecule has 29 heavy (non-hydrogen) atoms. The highest BCUT2D eigenvalue weighted by atomic mass is 19.4. The van der Waals surface area contributed by atoms with Crippen molar-refractivity contribution in [1.82, 2.24) is 9.97 Å². The van der Waals surface area contributed by atoms with Gasteiger partial charge in [-0.05, 0) is 36.1 Å². The minimum Gasteiger partial charge on any atom is -0.406 e.